The number of hydrogen-bond acceptors (Lipinski definition) is 16. The number of Topliss-reactive ketones (excluding diaryl/α,β-unsaturated/α-hetero) is 4. The summed E-state index contributed by atoms with van der Waals surface area (Å²) in [4.78, 5) is 93.6. The smallest absolute Gasteiger partial charge is 0.326 e. The van der Waals surface area contributed by atoms with E-state index in [1.807, 2.05) is 0 Å². The molecule has 20 heteroatoms. The summed E-state index contributed by atoms with van der Waals surface area (Å²) >= 11 is 0. The van der Waals surface area contributed by atoms with Gasteiger partial charge in [0.2, 0.25) is 11.8 Å². The molecule has 0 fully saturated rings. The molecule has 73 heavy (non-hydrogen) atoms. The van der Waals surface area contributed by atoms with Crippen molar-refractivity contribution >= 4 is 46.9 Å². The van der Waals surface area contributed by atoms with Crippen LogP contribution in [0.2, 0.25) is 0 Å². The van der Waals surface area contributed by atoms with Crippen molar-refractivity contribution in [1.29, 1.82) is 0 Å². The molecule has 0 aromatic rings. The summed E-state index contributed by atoms with van der Waals surface area (Å²) < 4.78 is 42.8. The van der Waals surface area contributed by atoms with E-state index in [0.717, 1.165) is 38.5 Å². The summed E-state index contributed by atoms with van der Waals surface area (Å²) in [6.07, 6.45) is 20.9. The Balaban J connectivity index is 3.58. The lowest BCUT2D eigenvalue weighted by Crippen LogP contribution is -2.41. The van der Waals surface area contributed by atoms with E-state index >= 15 is 0 Å². The van der Waals surface area contributed by atoms with Gasteiger partial charge in [-0.3, -0.25) is 33.6 Å². The third kappa shape index (κ3) is 54.3. The molecule has 0 heterocycles. The van der Waals surface area contributed by atoms with Gasteiger partial charge >= 0.3 is 11.9 Å². The number of carbonyl (C=O) groups is 8. The highest BCUT2D eigenvalue weighted by atomic mass is 16.5. The molecule has 0 aliphatic heterocycles. The maximum Gasteiger partial charge on any atom is 0.326 e. The number of nitrogens with one attached hydrogen (secondary N) is 2. The maximum absolute atomic E-state index is 12.4. The maximum atomic E-state index is 12.4. The molecule has 4 N–H and O–H groups in total. The van der Waals surface area contributed by atoms with Crippen molar-refractivity contribution in [2.75, 3.05) is 112 Å². The zero-order valence-electron chi connectivity index (χ0n) is 44.4. The highest BCUT2D eigenvalue weighted by Crippen LogP contribution is 2.15. The van der Waals surface area contributed by atoms with Gasteiger partial charge in [0.25, 0.3) is 0 Å². The lowest BCUT2D eigenvalue weighted by Gasteiger charge is -2.14. The van der Waals surface area contributed by atoms with Gasteiger partial charge in [-0.15, -0.1) is 0 Å². The fourth-order valence-corrected chi connectivity index (χ4v) is 7.20. The van der Waals surface area contributed by atoms with Crippen LogP contribution in [0.15, 0.2) is 0 Å². The molecule has 0 rings (SSSR count). The van der Waals surface area contributed by atoms with Crippen molar-refractivity contribution in [3.05, 3.63) is 0 Å². The average Bonchev–Trinajstić information content (AvgIpc) is 3.35. The lowest BCUT2D eigenvalue weighted by atomic mass is 10.0. The third-order valence-electron chi connectivity index (χ3n) is 11.2. The minimum absolute atomic E-state index is 0.00514. The first kappa shape index (κ1) is 69.2. The molecule has 0 spiro atoms. The van der Waals surface area contributed by atoms with Crippen LogP contribution in [0.4, 0.5) is 0 Å². The Morgan fingerprint density at radius 2 is 0.726 bits per heavy atom. The van der Waals surface area contributed by atoms with Crippen molar-refractivity contribution < 1.29 is 86.5 Å². The second kappa shape index (κ2) is 53.1. The third-order valence-corrected chi connectivity index (χ3v) is 11.2. The summed E-state index contributed by atoms with van der Waals surface area (Å²) in [5.74, 6) is -2.72. The topological polar surface area (TPSA) is 275 Å². The van der Waals surface area contributed by atoms with Gasteiger partial charge < -0.3 is 58.7 Å². The zero-order chi connectivity index (χ0) is 53.7. The Labute approximate surface area is 435 Å². The molecule has 0 aliphatic rings. The zero-order valence-corrected chi connectivity index (χ0v) is 44.4. The number of carboxylic acids is 2. The van der Waals surface area contributed by atoms with E-state index in [-0.39, 0.29) is 140 Å². The molecule has 0 aromatic carbocycles. The van der Waals surface area contributed by atoms with Crippen molar-refractivity contribution in [3.8, 4) is 0 Å². The van der Waals surface area contributed by atoms with Gasteiger partial charge in [0.05, 0.1) is 59.5 Å². The highest BCUT2D eigenvalue weighted by molar-refractivity contribution is 5.85. The van der Waals surface area contributed by atoms with Gasteiger partial charge in [-0.25, -0.2) is 4.79 Å². The molecule has 0 radical (unpaired) electrons. The number of carboxylic acid groups (broad SMARTS) is 2. The van der Waals surface area contributed by atoms with Crippen LogP contribution in [0.25, 0.3) is 0 Å². The van der Waals surface area contributed by atoms with Crippen LogP contribution >= 0.6 is 0 Å². The molecule has 0 bridgehead atoms. The molecule has 2 amide bonds. The Bertz CT molecular complexity index is 1430. The van der Waals surface area contributed by atoms with Crippen molar-refractivity contribution in [2.24, 2.45) is 0 Å². The highest BCUT2D eigenvalue weighted by Gasteiger charge is 2.21. The predicted molar refractivity (Wildman–Crippen MR) is 273 cm³/mol. The van der Waals surface area contributed by atoms with E-state index in [2.05, 4.69) is 10.6 Å². The molecule has 1 atom stereocenters. The average molecular weight is 1050 g/mol. The number of hydrogen-bond donors (Lipinski definition) is 4. The number of rotatable bonds is 59. The largest absolute Gasteiger partial charge is 0.481 e. The van der Waals surface area contributed by atoms with Crippen LogP contribution in [0, 0.1) is 0 Å². The first-order chi connectivity index (χ1) is 35.4. The van der Waals surface area contributed by atoms with Gasteiger partial charge in [-0.05, 0) is 45.4 Å². The Morgan fingerprint density at radius 1 is 0.356 bits per heavy atom. The standard InChI is InChI=1S/C53H94N2O18/c1-45(56)41-70-37-33-67-30-19-22-47(58)42-71-38-34-68-31-20-23-48(59)43-72-39-36-69-32-28-54-51(61)44-73-40-35-66-29-18-21-46(57)26-27-49(53(64)65)55-50(60)24-16-14-12-10-8-6-4-2-3-5-7-9-11-13-15-17-25-52(62)63/h49H,2-44H2,1H3,(H,54,61)(H,55,60)(H,62,63)(H,64,65)/t49-/m0/s1. The van der Waals surface area contributed by atoms with Crippen molar-refractivity contribution in [2.45, 2.75) is 180 Å². The van der Waals surface area contributed by atoms with Gasteiger partial charge in [-0.1, -0.05) is 89.9 Å². The van der Waals surface area contributed by atoms with Crippen LogP contribution in [0.3, 0.4) is 0 Å². The van der Waals surface area contributed by atoms with Gasteiger partial charge in [0, 0.05) is 64.9 Å². The first-order valence-corrected chi connectivity index (χ1v) is 27.1. The van der Waals surface area contributed by atoms with E-state index in [1.165, 1.54) is 64.7 Å². The molecular formula is C53H94N2O18. The van der Waals surface area contributed by atoms with Crippen LogP contribution in [0.1, 0.15) is 174 Å². The second-order valence-corrected chi connectivity index (χ2v) is 18.2. The molecule has 424 valence electrons. The van der Waals surface area contributed by atoms with Gasteiger partial charge in [-0.2, -0.15) is 0 Å². The molecular weight excluding hydrogens is 953 g/mol. The van der Waals surface area contributed by atoms with Crippen molar-refractivity contribution in [3.63, 3.8) is 0 Å². The van der Waals surface area contributed by atoms with Crippen LogP contribution in [-0.4, -0.2) is 175 Å². The fraction of sp³-hybridized carbons (Fsp3) is 0.849. The molecule has 0 aromatic heterocycles. The van der Waals surface area contributed by atoms with Crippen LogP contribution in [-0.2, 0) is 76.3 Å². The quantitative estimate of drug-likeness (QED) is 0.0485. The summed E-state index contributed by atoms with van der Waals surface area (Å²) in [7, 11) is 0. The van der Waals surface area contributed by atoms with Gasteiger partial charge in [0.15, 0.2) is 17.3 Å². The number of aliphatic carboxylic acids is 2. The van der Waals surface area contributed by atoms with E-state index in [1.54, 1.807) is 0 Å². The summed E-state index contributed by atoms with van der Waals surface area (Å²) in [5.41, 5.74) is 0. The minimum Gasteiger partial charge on any atom is -0.481 e. The van der Waals surface area contributed by atoms with E-state index < -0.39 is 18.0 Å². The number of ketones is 4. The van der Waals surface area contributed by atoms with E-state index in [9.17, 15) is 43.5 Å². The number of ether oxygens (including phenoxy) is 8. The Kier molecular flexibility index (Phi) is 50.3. The second-order valence-electron chi connectivity index (χ2n) is 18.2. The molecule has 0 aliphatic carbocycles. The first-order valence-electron chi connectivity index (χ1n) is 27.1. The predicted octanol–water partition coefficient (Wildman–Crippen LogP) is 6.33. The van der Waals surface area contributed by atoms with E-state index in [4.69, 9.17) is 43.0 Å². The Hall–Kier alpha value is -3.76. The molecule has 0 saturated heterocycles. The normalized spacial score (nSPS) is 11.6. The summed E-state index contributed by atoms with van der Waals surface area (Å²) in [5, 5.41) is 23.5. The Morgan fingerprint density at radius 3 is 1.15 bits per heavy atom. The van der Waals surface area contributed by atoms with Gasteiger partial charge in [0.1, 0.15) is 38.3 Å². The molecule has 0 saturated carbocycles. The summed E-state index contributed by atoms with van der Waals surface area (Å²) in [6.45, 7) is 5.20. The van der Waals surface area contributed by atoms with Crippen molar-refractivity contribution in [1.82, 2.24) is 10.6 Å². The van der Waals surface area contributed by atoms with Crippen LogP contribution < -0.4 is 10.6 Å². The van der Waals surface area contributed by atoms with E-state index in [0.29, 0.717) is 78.2 Å². The minimum atomic E-state index is -1.16. The number of amides is 2. The summed E-state index contributed by atoms with van der Waals surface area (Å²) in [6, 6.07) is -1.10. The molecule has 0 unspecified atom stereocenters. The number of carbonyl (C=O) groups excluding carboxylic acids is 6. The fourth-order valence-electron chi connectivity index (χ4n) is 7.20. The van der Waals surface area contributed by atoms with Crippen LogP contribution in [0.5, 0.6) is 0 Å². The SMILES string of the molecule is CC(=O)COCCOCCCC(=O)COCCOCCCC(=O)COCCOCCNC(=O)COCCOCCCC(=O)CC[C@H](NC(=O)CCCCCCCCCCCCCCCCCCC(=O)O)C(=O)O. The lowest BCUT2D eigenvalue weighted by molar-refractivity contribution is -0.142. The number of unbranched alkanes of at least 4 members (excludes halogenated alkanes) is 15. The molecule has 20 nitrogen and oxygen atoms in total. The monoisotopic (exact) mass is 1050 g/mol.